The maximum Gasteiger partial charge on any atom is 0.328 e. The molecule has 0 saturated heterocycles. The van der Waals surface area contributed by atoms with Gasteiger partial charge in [0.1, 0.15) is 0 Å². The summed E-state index contributed by atoms with van der Waals surface area (Å²) in [6.07, 6.45) is 0. The van der Waals surface area contributed by atoms with Crippen LogP contribution in [0.5, 0.6) is 0 Å². The summed E-state index contributed by atoms with van der Waals surface area (Å²) in [6.45, 7) is 41.3. The summed E-state index contributed by atoms with van der Waals surface area (Å²) >= 11 is 0. The third-order valence-electron chi connectivity index (χ3n) is 14.2. The number of benzene rings is 5. The van der Waals surface area contributed by atoms with Gasteiger partial charge in [-0.2, -0.15) is 0 Å². The quantitative estimate of drug-likeness (QED) is 0.155. The molecule has 5 aromatic rings. The van der Waals surface area contributed by atoms with Crippen molar-refractivity contribution in [3.05, 3.63) is 152 Å². The molecule has 1 unspecified atom stereocenters. The molecule has 2 heterocycles. The Balaban J connectivity index is 1.60. The van der Waals surface area contributed by atoms with Crippen molar-refractivity contribution in [1.29, 1.82) is 0 Å². The molecule has 0 bridgehead atoms. The van der Waals surface area contributed by atoms with Gasteiger partial charge in [-0.3, -0.25) is 0 Å². The molecule has 0 spiro atoms. The minimum atomic E-state index is -0.294. The zero-order valence-corrected chi connectivity index (χ0v) is 37.7. The van der Waals surface area contributed by atoms with E-state index in [0.717, 1.165) is 0 Å². The van der Waals surface area contributed by atoms with Crippen molar-refractivity contribution < 1.29 is 0 Å². The third-order valence-corrected chi connectivity index (χ3v) is 14.2. The normalized spacial score (nSPS) is 19.4. The number of fused-ring (bicyclic) bond motifs is 6. The monoisotopic (exact) mass is 740 g/mol. The van der Waals surface area contributed by atoms with Gasteiger partial charge in [-0.15, -0.1) is 0 Å². The standard InChI is InChI=1S/C54H66BN/c1-48(2,3)33-29-39(50(7,8)9)46-41(31-33)53(15,16)42-32-34(49(4,5)6)30-40(51(10,11)12)47(42)56(46)55-43-27-21-20-25-37(43)54(17)36-24-19-18-23-35(36)52(13,14)38-26-22-28-44(55)45(38)54/h18-32H,1-17H3. The average molecular weight is 740 g/mol. The highest BCUT2D eigenvalue weighted by Gasteiger charge is 2.55. The van der Waals surface area contributed by atoms with Crippen molar-refractivity contribution in [2.75, 3.05) is 4.81 Å². The summed E-state index contributed by atoms with van der Waals surface area (Å²) in [5.74, 6) is 0. The molecule has 0 saturated carbocycles. The fraction of sp³-hybridized carbons (Fsp3) is 0.444. The molecule has 1 nitrogen and oxygen atoms in total. The smallest absolute Gasteiger partial charge is 0.328 e. The van der Waals surface area contributed by atoms with E-state index in [9.17, 15) is 0 Å². The lowest BCUT2D eigenvalue weighted by atomic mass is 9.37. The highest BCUT2D eigenvalue weighted by Crippen LogP contribution is 2.59. The van der Waals surface area contributed by atoms with Crippen molar-refractivity contribution in [2.24, 2.45) is 0 Å². The Labute approximate surface area is 340 Å². The molecule has 0 aromatic heterocycles. The Morgan fingerprint density at radius 1 is 0.411 bits per heavy atom. The fourth-order valence-electron chi connectivity index (χ4n) is 10.8. The molecule has 56 heavy (non-hydrogen) atoms. The van der Waals surface area contributed by atoms with Gasteiger partial charge in [0, 0.05) is 27.6 Å². The van der Waals surface area contributed by atoms with E-state index in [2.05, 4.69) is 214 Å². The second-order valence-electron chi connectivity index (χ2n) is 22.9. The van der Waals surface area contributed by atoms with Crippen molar-refractivity contribution in [3.63, 3.8) is 0 Å². The highest BCUT2D eigenvalue weighted by molar-refractivity contribution is 6.90. The lowest BCUT2D eigenvalue weighted by Gasteiger charge is -2.54. The summed E-state index contributed by atoms with van der Waals surface area (Å²) in [7, 11) is 0. The molecule has 2 heteroatoms. The van der Waals surface area contributed by atoms with Gasteiger partial charge in [-0.25, -0.2) is 0 Å². The van der Waals surface area contributed by atoms with E-state index in [1.807, 2.05) is 0 Å². The van der Waals surface area contributed by atoms with Crippen LogP contribution < -0.4 is 15.7 Å². The van der Waals surface area contributed by atoms with Crippen LogP contribution >= 0.6 is 0 Å². The van der Waals surface area contributed by atoms with E-state index in [-0.39, 0.29) is 44.8 Å². The van der Waals surface area contributed by atoms with Gasteiger partial charge in [0.15, 0.2) is 0 Å². The Morgan fingerprint density at radius 2 is 0.821 bits per heavy atom. The van der Waals surface area contributed by atoms with Crippen molar-refractivity contribution >= 4 is 29.1 Å². The van der Waals surface area contributed by atoms with Crippen LogP contribution in [0.3, 0.4) is 0 Å². The summed E-state index contributed by atoms with van der Waals surface area (Å²) in [5.41, 5.74) is 20.5. The molecular formula is C54H66BN. The molecule has 0 N–H and O–H groups in total. The molecule has 3 aliphatic rings. The first-order chi connectivity index (χ1) is 25.7. The summed E-state index contributed by atoms with van der Waals surface area (Å²) in [4.78, 5) is 2.89. The third kappa shape index (κ3) is 5.33. The van der Waals surface area contributed by atoms with Crippen molar-refractivity contribution in [3.8, 4) is 0 Å². The van der Waals surface area contributed by atoms with Gasteiger partial charge in [-0.05, 0) is 101 Å². The molecule has 290 valence electrons. The predicted octanol–water partition coefficient (Wildman–Crippen LogP) is 12.8. The minimum absolute atomic E-state index is 0.00320. The molecule has 5 aromatic carbocycles. The number of nitrogens with zero attached hydrogens (tertiary/aromatic N) is 1. The van der Waals surface area contributed by atoms with Crippen LogP contribution in [-0.4, -0.2) is 6.85 Å². The van der Waals surface area contributed by atoms with Crippen molar-refractivity contribution in [1.82, 2.24) is 0 Å². The fourth-order valence-corrected chi connectivity index (χ4v) is 10.8. The SMILES string of the molecule is CC(C)(C)c1cc(C(C)(C)C)c2c(c1)C(C)(C)c1cc(C(C)(C)C)cc(C(C)(C)C)c1N2B1c2ccccc2C2(C)c3ccccc3C(C)(C)c3cccc1c32. The zero-order chi connectivity index (χ0) is 40.9. The minimum Gasteiger partial charge on any atom is -0.376 e. The predicted molar refractivity (Wildman–Crippen MR) is 244 cm³/mol. The second-order valence-corrected chi connectivity index (χ2v) is 22.9. The maximum atomic E-state index is 2.89. The second kappa shape index (κ2) is 11.8. The molecule has 2 aliphatic heterocycles. The number of anilines is 2. The van der Waals surface area contributed by atoms with Gasteiger partial charge in [-0.1, -0.05) is 202 Å². The van der Waals surface area contributed by atoms with Crippen LogP contribution in [0.4, 0.5) is 11.4 Å². The molecule has 8 rings (SSSR count). The van der Waals surface area contributed by atoms with Crippen LogP contribution in [0, 0.1) is 0 Å². The first kappa shape index (κ1) is 38.8. The van der Waals surface area contributed by atoms with Crippen LogP contribution in [0.2, 0.25) is 0 Å². The lowest BCUT2D eigenvalue weighted by Crippen LogP contribution is -2.65. The van der Waals surface area contributed by atoms with Gasteiger partial charge in [0.05, 0.1) is 0 Å². The Morgan fingerprint density at radius 3 is 1.30 bits per heavy atom. The van der Waals surface area contributed by atoms with Gasteiger partial charge >= 0.3 is 6.85 Å². The van der Waals surface area contributed by atoms with Crippen molar-refractivity contribution in [2.45, 2.75) is 156 Å². The Bertz CT molecular complexity index is 2340. The molecular weight excluding hydrogens is 673 g/mol. The highest BCUT2D eigenvalue weighted by atomic mass is 15.1. The summed E-state index contributed by atoms with van der Waals surface area (Å²) in [6, 6.07) is 36.4. The van der Waals surface area contributed by atoms with E-state index >= 15 is 0 Å². The Hall–Kier alpha value is -4.04. The zero-order valence-electron chi connectivity index (χ0n) is 37.7. The molecule has 0 amide bonds. The number of hydrogen-bond acceptors (Lipinski definition) is 1. The van der Waals surface area contributed by atoms with E-state index in [1.165, 1.54) is 83.5 Å². The van der Waals surface area contributed by atoms with Gasteiger partial charge in [0.25, 0.3) is 0 Å². The van der Waals surface area contributed by atoms with E-state index in [0.29, 0.717) is 0 Å². The van der Waals surface area contributed by atoms with Crippen LogP contribution in [0.15, 0.2) is 91.0 Å². The first-order valence-electron chi connectivity index (χ1n) is 21.2. The number of rotatable bonds is 1. The van der Waals surface area contributed by atoms with E-state index < -0.39 is 0 Å². The number of hydrogen-bond donors (Lipinski definition) is 0. The first-order valence-corrected chi connectivity index (χ1v) is 21.2. The largest absolute Gasteiger partial charge is 0.376 e. The molecule has 1 atom stereocenters. The van der Waals surface area contributed by atoms with Crippen LogP contribution in [0.25, 0.3) is 0 Å². The topological polar surface area (TPSA) is 3.24 Å². The van der Waals surface area contributed by atoms with Gasteiger partial charge < -0.3 is 4.81 Å². The summed E-state index contributed by atoms with van der Waals surface area (Å²) in [5, 5.41) is 0. The van der Waals surface area contributed by atoms with E-state index in [4.69, 9.17) is 0 Å². The molecule has 0 fully saturated rings. The molecule has 1 aliphatic carbocycles. The van der Waals surface area contributed by atoms with E-state index in [1.54, 1.807) is 0 Å². The van der Waals surface area contributed by atoms with Crippen LogP contribution in [-0.2, 0) is 37.9 Å². The summed E-state index contributed by atoms with van der Waals surface area (Å²) < 4.78 is 0. The molecule has 0 radical (unpaired) electrons. The lowest BCUT2D eigenvalue weighted by molar-refractivity contribution is 0.542. The average Bonchev–Trinajstić information content (AvgIpc) is 3.10. The maximum absolute atomic E-state index is 2.89. The van der Waals surface area contributed by atoms with Gasteiger partial charge in [0.2, 0.25) is 0 Å². The van der Waals surface area contributed by atoms with Crippen LogP contribution in [0.1, 0.15) is 179 Å². The Kier molecular flexibility index (Phi) is 8.16.